The second-order valence-corrected chi connectivity index (χ2v) is 5.48. The number of Topliss-reactive ketones (excluding diaryl/α,β-unsaturated/α-hetero) is 1. The largest absolute Gasteiger partial charge is 0.381 e. The van der Waals surface area contributed by atoms with Crippen LogP contribution in [-0.2, 0) is 6.54 Å². The van der Waals surface area contributed by atoms with Crippen LogP contribution < -0.4 is 5.32 Å². The number of fused-ring (bicyclic) bond motifs is 1. The van der Waals surface area contributed by atoms with Crippen LogP contribution in [0.15, 0.2) is 54.6 Å². The van der Waals surface area contributed by atoms with Gasteiger partial charge in [-0.25, -0.2) is 4.98 Å². The van der Waals surface area contributed by atoms with Crippen molar-refractivity contribution in [1.82, 2.24) is 4.98 Å². The second-order valence-electron chi connectivity index (χ2n) is 5.12. The van der Waals surface area contributed by atoms with Crippen LogP contribution in [0.3, 0.4) is 0 Å². The number of para-hydroxylation sites is 1. The molecule has 0 spiro atoms. The number of halogens is 1. The van der Waals surface area contributed by atoms with Gasteiger partial charge in [-0.05, 0) is 43.3 Å². The number of rotatable bonds is 4. The van der Waals surface area contributed by atoms with Gasteiger partial charge in [-0.3, -0.25) is 4.79 Å². The fourth-order valence-electron chi connectivity index (χ4n) is 2.28. The summed E-state index contributed by atoms with van der Waals surface area (Å²) in [7, 11) is 0. The van der Waals surface area contributed by atoms with Crippen LogP contribution in [0.1, 0.15) is 22.8 Å². The summed E-state index contributed by atoms with van der Waals surface area (Å²) in [5.41, 5.74) is 3.48. The summed E-state index contributed by atoms with van der Waals surface area (Å²) < 4.78 is 0. The fourth-order valence-corrected chi connectivity index (χ4v) is 2.49. The lowest BCUT2D eigenvalue weighted by molar-refractivity contribution is 0.101. The Hall–Kier alpha value is -2.39. The van der Waals surface area contributed by atoms with E-state index in [1.165, 1.54) is 0 Å². The van der Waals surface area contributed by atoms with E-state index in [-0.39, 0.29) is 5.78 Å². The maximum atomic E-state index is 11.3. The summed E-state index contributed by atoms with van der Waals surface area (Å²) in [5.74, 6) is 0.0633. The van der Waals surface area contributed by atoms with Crippen LogP contribution >= 0.6 is 11.6 Å². The van der Waals surface area contributed by atoms with Gasteiger partial charge in [-0.2, -0.15) is 0 Å². The molecule has 3 rings (SSSR count). The molecule has 0 aliphatic heterocycles. The molecular formula is C18H15ClN2O. The Bertz CT molecular complexity index is 828. The molecule has 0 amide bonds. The van der Waals surface area contributed by atoms with E-state index >= 15 is 0 Å². The standard InChI is InChI=1S/C18H15ClN2O/c1-12(22)13-6-8-16(9-7-13)20-11-15-10-14-4-2-3-5-17(14)21-18(15)19/h2-10,20H,11H2,1H3. The van der Waals surface area contributed by atoms with Gasteiger partial charge in [-0.1, -0.05) is 29.8 Å². The second kappa shape index (κ2) is 6.16. The van der Waals surface area contributed by atoms with Crippen LogP contribution in [0.5, 0.6) is 0 Å². The van der Waals surface area contributed by atoms with E-state index in [1.807, 2.05) is 54.6 Å². The van der Waals surface area contributed by atoms with Gasteiger partial charge in [0, 0.05) is 28.7 Å². The number of benzene rings is 2. The third-order valence-corrected chi connectivity index (χ3v) is 3.85. The number of hydrogen-bond acceptors (Lipinski definition) is 3. The van der Waals surface area contributed by atoms with Crippen LogP contribution in [-0.4, -0.2) is 10.8 Å². The molecule has 0 unspecified atom stereocenters. The van der Waals surface area contributed by atoms with Gasteiger partial charge < -0.3 is 5.32 Å². The quantitative estimate of drug-likeness (QED) is 0.561. The Balaban J connectivity index is 1.78. The SMILES string of the molecule is CC(=O)c1ccc(NCc2cc3ccccc3nc2Cl)cc1. The van der Waals surface area contributed by atoms with Gasteiger partial charge in [0.25, 0.3) is 0 Å². The summed E-state index contributed by atoms with van der Waals surface area (Å²) in [4.78, 5) is 15.7. The minimum absolute atomic E-state index is 0.0633. The Kier molecular flexibility index (Phi) is 4.07. The molecule has 22 heavy (non-hydrogen) atoms. The van der Waals surface area contributed by atoms with E-state index in [0.29, 0.717) is 17.3 Å². The first-order valence-electron chi connectivity index (χ1n) is 7.02. The molecule has 1 aromatic heterocycles. The number of carbonyl (C=O) groups is 1. The number of aromatic nitrogens is 1. The van der Waals surface area contributed by atoms with Crippen molar-refractivity contribution in [3.8, 4) is 0 Å². The number of anilines is 1. The van der Waals surface area contributed by atoms with Crippen molar-refractivity contribution in [3.63, 3.8) is 0 Å². The first kappa shape index (κ1) is 14.5. The van der Waals surface area contributed by atoms with Crippen LogP contribution in [0.4, 0.5) is 5.69 Å². The summed E-state index contributed by atoms with van der Waals surface area (Å²) in [5, 5.41) is 4.87. The van der Waals surface area contributed by atoms with Crippen molar-refractivity contribution < 1.29 is 4.79 Å². The molecule has 0 aliphatic carbocycles. The van der Waals surface area contributed by atoms with Crippen LogP contribution in [0.25, 0.3) is 10.9 Å². The van der Waals surface area contributed by atoms with Gasteiger partial charge in [0.05, 0.1) is 5.52 Å². The highest BCUT2D eigenvalue weighted by atomic mass is 35.5. The topological polar surface area (TPSA) is 42.0 Å². The average Bonchev–Trinajstić information content (AvgIpc) is 2.53. The Morgan fingerprint density at radius 2 is 1.86 bits per heavy atom. The first-order chi connectivity index (χ1) is 10.6. The average molecular weight is 311 g/mol. The first-order valence-corrected chi connectivity index (χ1v) is 7.40. The Labute approximate surface area is 133 Å². The molecule has 1 heterocycles. The van der Waals surface area contributed by atoms with E-state index in [0.717, 1.165) is 22.2 Å². The highest BCUT2D eigenvalue weighted by Gasteiger charge is 2.05. The zero-order valence-corrected chi connectivity index (χ0v) is 12.9. The minimum atomic E-state index is 0.0633. The smallest absolute Gasteiger partial charge is 0.159 e. The molecule has 3 aromatic rings. The molecule has 3 nitrogen and oxygen atoms in total. The molecule has 0 atom stereocenters. The zero-order chi connectivity index (χ0) is 15.5. The third-order valence-electron chi connectivity index (χ3n) is 3.52. The molecule has 1 N–H and O–H groups in total. The van der Waals surface area contributed by atoms with Gasteiger partial charge in [0.2, 0.25) is 0 Å². The fraction of sp³-hybridized carbons (Fsp3) is 0.111. The lowest BCUT2D eigenvalue weighted by Gasteiger charge is -2.09. The molecule has 110 valence electrons. The monoisotopic (exact) mass is 310 g/mol. The molecule has 2 aromatic carbocycles. The molecule has 4 heteroatoms. The van der Waals surface area contributed by atoms with Crippen LogP contribution in [0, 0.1) is 0 Å². The summed E-state index contributed by atoms with van der Waals surface area (Å²) in [6.45, 7) is 2.14. The van der Waals surface area contributed by atoms with Crippen molar-refractivity contribution >= 4 is 34.0 Å². The predicted molar refractivity (Wildman–Crippen MR) is 90.5 cm³/mol. The van der Waals surface area contributed by atoms with E-state index in [1.54, 1.807) is 6.92 Å². The molecule has 0 saturated carbocycles. The van der Waals surface area contributed by atoms with Crippen molar-refractivity contribution in [2.45, 2.75) is 13.5 Å². The number of nitrogens with zero attached hydrogens (tertiary/aromatic N) is 1. The lowest BCUT2D eigenvalue weighted by atomic mass is 10.1. The number of carbonyl (C=O) groups excluding carboxylic acids is 1. The lowest BCUT2D eigenvalue weighted by Crippen LogP contribution is -2.02. The summed E-state index contributed by atoms with van der Waals surface area (Å²) in [6.07, 6.45) is 0. The predicted octanol–water partition coefficient (Wildman–Crippen LogP) is 4.70. The normalized spacial score (nSPS) is 10.6. The van der Waals surface area contributed by atoms with Gasteiger partial charge >= 0.3 is 0 Å². The van der Waals surface area contributed by atoms with Gasteiger partial charge in [0.1, 0.15) is 5.15 Å². The van der Waals surface area contributed by atoms with Gasteiger partial charge in [0.15, 0.2) is 5.78 Å². The number of hydrogen-bond donors (Lipinski definition) is 1. The van der Waals surface area contributed by atoms with Crippen molar-refractivity contribution in [2.75, 3.05) is 5.32 Å². The summed E-state index contributed by atoms with van der Waals surface area (Å²) in [6, 6.07) is 17.3. The maximum absolute atomic E-state index is 11.3. The molecule has 0 radical (unpaired) electrons. The Morgan fingerprint density at radius 1 is 1.14 bits per heavy atom. The zero-order valence-electron chi connectivity index (χ0n) is 12.1. The van der Waals surface area contributed by atoms with Crippen molar-refractivity contribution in [3.05, 3.63) is 70.9 Å². The molecular weight excluding hydrogens is 296 g/mol. The summed E-state index contributed by atoms with van der Waals surface area (Å²) >= 11 is 6.24. The molecule has 0 bridgehead atoms. The van der Waals surface area contributed by atoms with E-state index in [2.05, 4.69) is 10.3 Å². The van der Waals surface area contributed by atoms with Gasteiger partial charge in [-0.15, -0.1) is 0 Å². The number of nitrogens with one attached hydrogen (secondary N) is 1. The number of pyridine rings is 1. The third kappa shape index (κ3) is 3.10. The minimum Gasteiger partial charge on any atom is -0.381 e. The molecule has 0 fully saturated rings. The van der Waals surface area contributed by atoms with Crippen LogP contribution in [0.2, 0.25) is 5.15 Å². The number of ketones is 1. The molecule has 0 saturated heterocycles. The molecule has 0 aliphatic rings. The Morgan fingerprint density at radius 3 is 2.59 bits per heavy atom. The van der Waals surface area contributed by atoms with Crippen molar-refractivity contribution in [2.24, 2.45) is 0 Å². The van der Waals surface area contributed by atoms with E-state index in [4.69, 9.17) is 11.6 Å². The highest BCUT2D eigenvalue weighted by molar-refractivity contribution is 6.30. The maximum Gasteiger partial charge on any atom is 0.159 e. The van der Waals surface area contributed by atoms with E-state index in [9.17, 15) is 4.79 Å². The van der Waals surface area contributed by atoms with Crippen molar-refractivity contribution in [1.29, 1.82) is 0 Å². The van der Waals surface area contributed by atoms with E-state index < -0.39 is 0 Å². The highest BCUT2D eigenvalue weighted by Crippen LogP contribution is 2.21.